The minimum absolute atomic E-state index is 0.0692. The van der Waals surface area contributed by atoms with E-state index in [0.717, 1.165) is 10.6 Å². The monoisotopic (exact) mass is 376 g/mol. The lowest BCUT2D eigenvalue weighted by atomic mass is 10.2. The molecule has 0 bridgehead atoms. The fraction of sp³-hybridized carbons (Fsp3) is 0.167. The number of hydrogen-bond acceptors (Lipinski definition) is 5. The molecule has 0 fully saturated rings. The van der Waals surface area contributed by atoms with Gasteiger partial charge in [0.1, 0.15) is 5.82 Å². The van der Waals surface area contributed by atoms with Gasteiger partial charge in [0.15, 0.2) is 6.61 Å². The van der Waals surface area contributed by atoms with Crippen LogP contribution in [0.1, 0.15) is 17.3 Å². The number of benzene rings is 2. The Balaban J connectivity index is 1.86. The van der Waals surface area contributed by atoms with E-state index >= 15 is 0 Å². The molecule has 3 amide bonds. The fourth-order valence-corrected chi connectivity index (χ4v) is 2.80. The Bertz CT molecular complexity index is 813. The Morgan fingerprint density at radius 2 is 1.77 bits per heavy atom. The second kappa shape index (κ2) is 9.57. The summed E-state index contributed by atoms with van der Waals surface area (Å²) in [4.78, 5) is 36.3. The van der Waals surface area contributed by atoms with Gasteiger partial charge >= 0.3 is 12.0 Å². The third-order valence-electron chi connectivity index (χ3n) is 3.12. The summed E-state index contributed by atoms with van der Waals surface area (Å²) < 4.78 is 18.4. The molecule has 2 N–H and O–H groups in total. The molecule has 2 aromatic rings. The summed E-state index contributed by atoms with van der Waals surface area (Å²) in [5, 5.41) is 4.16. The number of thioether (sulfide) groups is 1. The van der Waals surface area contributed by atoms with Gasteiger partial charge < -0.3 is 10.1 Å². The molecule has 0 aliphatic rings. The molecule has 0 radical (unpaired) electrons. The first kappa shape index (κ1) is 19.5. The van der Waals surface area contributed by atoms with Crippen molar-refractivity contribution in [3.63, 3.8) is 0 Å². The maximum Gasteiger partial charge on any atom is 0.339 e. The highest BCUT2D eigenvalue weighted by Crippen LogP contribution is 2.22. The number of esters is 1. The molecule has 0 aliphatic heterocycles. The number of urea groups is 1. The molecule has 0 aliphatic carbocycles. The standard InChI is InChI=1S/C18H17FN2O4S/c1-2-26-15-10-6-3-7-12(15)17(23)25-11-16(22)21-18(24)20-14-9-5-4-8-13(14)19/h3-10H,2,11H2,1H3,(H2,20,21,22,24). The van der Waals surface area contributed by atoms with Crippen LogP contribution in [-0.4, -0.2) is 30.3 Å². The van der Waals surface area contributed by atoms with Crippen molar-refractivity contribution in [1.29, 1.82) is 0 Å². The Morgan fingerprint density at radius 3 is 2.50 bits per heavy atom. The van der Waals surface area contributed by atoms with Crippen molar-refractivity contribution in [3.8, 4) is 0 Å². The highest BCUT2D eigenvalue weighted by Gasteiger charge is 2.16. The number of para-hydroxylation sites is 1. The fourth-order valence-electron chi connectivity index (χ4n) is 2.00. The minimum atomic E-state index is -0.918. The molecule has 0 heterocycles. The van der Waals surface area contributed by atoms with Crippen LogP contribution >= 0.6 is 11.8 Å². The molecule has 0 spiro atoms. The van der Waals surface area contributed by atoms with E-state index in [1.165, 1.54) is 36.0 Å². The summed E-state index contributed by atoms with van der Waals surface area (Å²) in [6.45, 7) is 1.32. The van der Waals surface area contributed by atoms with Gasteiger partial charge in [0.05, 0.1) is 11.3 Å². The average Bonchev–Trinajstić information content (AvgIpc) is 2.62. The second-order valence-electron chi connectivity index (χ2n) is 4.99. The van der Waals surface area contributed by atoms with E-state index in [9.17, 15) is 18.8 Å². The van der Waals surface area contributed by atoms with Gasteiger partial charge in [0, 0.05) is 4.90 Å². The highest BCUT2D eigenvalue weighted by atomic mass is 32.2. The third kappa shape index (κ3) is 5.59. The lowest BCUT2D eigenvalue weighted by Crippen LogP contribution is -2.37. The normalized spacial score (nSPS) is 10.1. The number of halogens is 1. The molecule has 0 saturated carbocycles. The lowest BCUT2D eigenvalue weighted by molar-refractivity contribution is -0.123. The van der Waals surface area contributed by atoms with Crippen LogP contribution in [-0.2, 0) is 9.53 Å². The van der Waals surface area contributed by atoms with Crippen LogP contribution in [0.5, 0.6) is 0 Å². The topological polar surface area (TPSA) is 84.5 Å². The van der Waals surface area contributed by atoms with Crippen LogP contribution in [0.3, 0.4) is 0 Å². The third-order valence-corrected chi connectivity index (χ3v) is 4.07. The molecule has 26 heavy (non-hydrogen) atoms. The number of amides is 3. The summed E-state index contributed by atoms with van der Waals surface area (Å²) in [6, 6.07) is 11.5. The second-order valence-corrected chi connectivity index (χ2v) is 6.29. The van der Waals surface area contributed by atoms with Crippen LogP contribution in [0.2, 0.25) is 0 Å². The Kier molecular flexibility index (Phi) is 7.16. The van der Waals surface area contributed by atoms with E-state index in [1.54, 1.807) is 24.3 Å². The first-order valence-electron chi connectivity index (χ1n) is 7.75. The highest BCUT2D eigenvalue weighted by molar-refractivity contribution is 7.99. The Morgan fingerprint density at radius 1 is 1.08 bits per heavy atom. The van der Waals surface area contributed by atoms with Crippen LogP contribution in [0.4, 0.5) is 14.9 Å². The molecule has 2 aromatic carbocycles. The number of nitrogens with one attached hydrogen (secondary N) is 2. The maximum atomic E-state index is 13.4. The van der Waals surface area contributed by atoms with Gasteiger partial charge in [-0.05, 0) is 30.0 Å². The first-order chi connectivity index (χ1) is 12.5. The number of hydrogen-bond donors (Lipinski definition) is 2. The summed E-state index contributed by atoms with van der Waals surface area (Å²) in [6.07, 6.45) is 0. The summed E-state index contributed by atoms with van der Waals surface area (Å²) in [5.41, 5.74) is 0.281. The van der Waals surface area contributed by atoms with E-state index in [1.807, 2.05) is 12.2 Å². The Hall–Kier alpha value is -2.87. The van der Waals surface area contributed by atoms with E-state index in [4.69, 9.17) is 4.74 Å². The molecular weight excluding hydrogens is 359 g/mol. The number of ether oxygens (including phenoxy) is 1. The SMILES string of the molecule is CCSc1ccccc1C(=O)OCC(=O)NC(=O)Nc1ccccc1F. The zero-order valence-corrected chi connectivity index (χ0v) is 14.8. The van der Waals surface area contributed by atoms with Crippen LogP contribution in [0.15, 0.2) is 53.4 Å². The molecule has 0 aromatic heterocycles. The van der Waals surface area contributed by atoms with Crippen molar-refractivity contribution >= 4 is 35.4 Å². The molecule has 8 heteroatoms. The zero-order chi connectivity index (χ0) is 18.9. The molecule has 0 unspecified atom stereocenters. The quantitative estimate of drug-likeness (QED) is 0.596. The number of carbonyl (C=O) groups is 3. The van der Waals surface area contributed by atoms with Crippen molar-refractivity contribution in [2.45, 2.75) is 11.8 Å². The largest absolute Gasteiger partial charge is 0.452 e. The van der Waals surface area contributed by atoms with Crippen molar-refractivity contribution in [1.82, 2.24) is 5.32 Å². The Labute approximate surface area is 154 Å². The van der Waals surface area contributed by atoms with Crippen LogP contribution < -0.4 is 10.6 Å². The van der Waals surface area contributed by atoms with E-state index in [0.29, 0.717) is 5.56 Å². The zero-order valence-electron chi connectivity index (χ0n) is 14.0. The summed E-state index contributed by atoms with van der Waals surface area (Å²) in [7, 11) is 0. The van der Waals surface area contributed by atoms with Gasteiger partial charge in [-0.15, -0.1) is 11.8 Å². The molecule has 0 saturated heterocycles. The van der Waals surface area contributed by atoms with Crippen molar-refractivity contribution in [2.24, 2.45) is 0 Å². The van der Waals surface area contributed by atoms with Gasteiger partial charge in [-0.25, -0.2) is 14.0 Å². The predicted octanol–water partition coefficient (Wildman–Crippen LogP) is 3.44. The molecule has 6 nitrogen and oxygen atoms in total. The maximum absolute atomic E-state index is 13.4. The molecular formula is C18H17FN2O4S. The summed E-state index contributed by atoms with van der Waals surface area (Å²) in [5.74, 6) is -1.34. The van der Waals surface area contributed by atoms with Gasteiger partial charge in [0.25, 0.3) is 5.91 Å². The van der Waals surface area contributed by atoms with Gasteiger partial charge in [-0.2, -0.15) is 0 Å². The number of rotatable bonds is 6. The van der Waals surface area contributed by atoms with Gasteiger partial charge in [-0.3, -0.25) is 10.1 Å². The number of imide groups is 1. The lowest BCUT2D eigenvalue weighted by Gasteiger charge is -2.09. The average molecular weight is 376 g/mol. The van der Waals surface area contributed by atoms with Crippen LogP contribution in [0, 0.1) is 5.82 Å². The number of carbonyl (C=O) groups excluding carboxylic acids is 3. The predicted molar refractivity (Wildman–Crippen MR) is 96.7 cm³/mol. The molecule has 0 atom stereocenters. The first-order valence-corrected chi connectivity index (χ1v) is 8.74. The number of anilines is 1. The van der Waals surface area contributed by atoms with Crippen LogP contribution in [0.25, 0.3) is 0 Å². The van der Waals surface area contributed by atoms with Gasteiger partial charge in [0.2, 0.25) is 0 Å². The van der Waals surface area contributed by atoms with E-state index in [2.05, 4.69) is 5.32 Å². The summed E-state index contributed by atoms with van der Waals surface area (Å²) >= 11 is 1.48. The minimum Gasteiger partial charge on any atom is -0.452 e. The smallest absolute Gasteiger partial charge is 0.339 e. The van der Waals surface area contributed by atoms with Crippen molar-refractivity contribution in [2.75, 3.05) is 17.7 Å². The van der Waals surface area contributed by atoms with Gasteiger partial charge in [-0.1, -0.05) is 31.2 Å². The van der Waals surface area contributed by atoms with Crippen molar-refractivity contribution in [3.05, 3.63) is 59.9 Å². The molecule has 2 rings (SSSR count). The van der Waals surface area contributed by atoms with E-state index < -0.39 is 30.3 Å². The van der Waals surface area contributed by atoms with E-state index in [-0.39, 0.29) is 5.69 Å². The molecule has 136 valence electrons. The van der Waals surface area contributed by atoms with Crippen molar-refractivity contribution < 1.29 is 23.5 Å².